The number of H-pyrrole nitrogens is 1. The Kier molecular flexibility index (Phi) is 3.11. The van der Waals surface area contributed by atoms with Gasteiger partial charge in [0.25, 0.3) is 5.56 Å². The average Bonchev–Trinajstić information content (AvgIpc) is 2.98. The molecule has 8 nitrogen and oxygen atoms in total. The van der Waals surface area contributed by atoms with Crippen molar-refractivity contribution >= 4 is 11.6 Å². The van der Waals surface area contributed by atoms with Gasteiger partial charge in [-0.1, -0.05) is 12.1 Å². The number of hydrogen-bond donors (Lipinski definition) is 3. The molecule has 1 aliphatic heterocycles. The summed E-state index contributed by atoms with van der Waals surface area (Å²) in [6.45, 7) is 1.89. The number of aryl methyl sites for hydroxylation is 1. The minimum Gasteiger partial charge on any atom is -0.508 e. The first-order valence-electron chi connectivity index (χ1n) is 7.81. The summed E-state index contributed by atoms with van der Waals surface area (Å²) in [5, 5.41) is 19.9. The number of aromatic amines is 1. The van der Waals surface area contributed by atoms with Gasteiger partial charge in [0, 0.05) is 31.3 Å². The van der Waals surface area contributed by atoms with E-state index in [1.165, 1.54) is 11.6 Å². The molecule has 0 fully saturated rings. The molecule has 0 spiro atoms. The number of hydrogen-bond acceptors (Lipinski definition) is 5. The van der Waals surface area contributed by atoms with E-state index in [0.717, 1.165) is 21.4 Å². The van der Waals surface area contributed by atoms with E-state index >= 15 is 0 Å². The second-order valence-electron chi connectivity index (χ2n) is 6.23. The minimum atomic E-state index is -0.406. The van der Waals surface area contributed by atoms with Gasteiger partial charge in [-0.15, -0.1) is 0 Å². The third-order valence-corrected chi connectivity index (χ3v) is 4.73. The molecule has 3 N–H and O–H groups in total. The van der Waals surface area contributed by atoms with Crippen molar-refractivity contribution in [2.45, 2.75) is 12.8 Å². The van der Waals surface area contributed by atoms with Crippen LogP contribution in [0.5, 0.6) is 5.75 Å². The van der Waals surface area contributed by atoms with Crippen LogP contribution < -0.4 is 16.6 Å². The van der Waals surface area contributed by atoms with Gasteiger partial charge in [0.15, 0.2) is 5.82 Å². The Morgan fingerprint density at radius 2 is 1.76 bits per heavy atom. The van der Waals surface area contributed by atoms with Crippen molar-refractivity contribution in [2.24, 2.45) is 14.1 Å². The van der Waals surface area contributed by atoms with Gasteiger partial charge in [0.1, 0.15) is 11.6 Å². The molecular formula is C17H17N5O3. The summed E-state index contributed by atoms with van der Waals surface area (Å²) in [5.41, 5.74) is 2.25. The molecule has 1 unspecified atom stereocenters. The van der Waals surface area contributed by atoms with Crippen LogP contribution in [0.4, 0.5) is 11.6 Å². The second kappa shape index (κ2) is 5.10. The highest BCUT2D eigenvalue weighted by atomic mass is 16.3. The molecule has 0 aliphatic carbocycles. The third kappa shape index (κ3) is 2.03. The Balaban J connectivity index is 2.11. The van der Waals surface area contributed by atoms with Crippen LogP contribution in [0.25, 0.3) is 0 Å². The molecule has 3 aromatic rings. The van der Waals surface area contributed by atoms with Gasteiger partial charge in [0.2, 0.25) is 0 Å². The number of phenolic OH excluding ortho intramolecular Hbond substituents is 1. The lowest BCUT2D eigenvalue weighted by Crippen LogP contribution is -2.42. The van der Waals surface area contributed by atoms with Crippen LogP contribution in [0, 0.1) is 6.92 Å². The van der Waals surface area contributed by atoms with Crippen molar-refractivity contribution in [2.75, 3.05) is 5.32 Å². The first-order valence-corrected chi connectivity index (χ1v) is 7.81. The number of aromatic hydroxyl groups is 1. The average molecular weight is 339 g/mol. The van der Waals surface area contributed by atoms with E-state index in [9.17, 15) is 14.7 Å². The monoisotopic (exact) mass is 339 g/mol. The van der Waals surface area contributed by atoms with Crippen LogP contribution in [0.1, 0.15) is 28.3 Å². The zero-order chi connectivity index (χ0) is 17.9. The van der Waals surface area contributed by atoms with Crippen molar-refractivity contribution in [3.8, 4) is 5.75 Å². The van der Waals surface area contributed by atoms with Crippen LogP contribution in [0.3, 0.4) is 0 Å². The fourth-order valence-electron chi connectivity index (χ4n) is 3.42. The third-order valence-electron chi connectivity index (χ3n) is 4.73. The second-order valence-corrected chi connectivity index (χ2v) is 6.23. The number of fused-ring (bicyclic) bond motifs is 2. The van der Waals surface area contributed by atoms with Crippen LogP contribution in [-0.4, -0.2) is 24.4 Å². The largest absolute Gasteiger partial charge is 0.508 e. The van der Waals surface area contributed by atoms with Gasteiger partial charge in [0.05, 0.1) is 5.56 Å². The number of rotatable bonds is 1. The lowest BCUT2D eigenvalue weighted by molar-refractivity contribution is 0.475. The van der Waals surface area contributed by atoms with E-state index in [1.54, 1.807) is 31.3 Å². The number of phenols is 1. The van der Waals surface area contributed by atoms with E-state index in [0.29, 0.717) is 17.2 Å². The lowest BCUT2D eigenvalue weighted by Gasteiger charge is -2.28. The first kappa shape index (κ1) is 15.3. The van der Waals surface area contributed by atoms with Crippen molar-refractivity contribution < 1.29 is 5.11 Å². The van der Waals surface area contributed by atoms with Crippen LogP contribution in [0.15, 0.2) is 33.9 Å². The predicted octanol–water partition coefficient (Wildman–Crippen LogP) is 1.06. The summed E-state index contributed by atoms with van der Waals surface area (Å²) >= 11 is 0. The maximum Gasteiger partial charge on any atom is 0.332 e. The fraction of sp³-hybridized carbons (Fsp3) is 0.235. The molecule has 0 bridgehead atoms. The van der Waals surface area contributed by atoms with E-state index < -0.39 is 11.6 Å². The smallest absolute Gasteiger partial charge is 0.332 e. The molecule has 128 valence electrons. The van der Waals surface area contributed by atoms with Gasteiger partial charge < -0.3 is 10.4 Å². The van der Waals surface area contributed by atoms with Crippen LogP contribution >= 0.6 is 0 Å². The summed E-state index contributed by atoms with van der Waals surface area (Å²) in [4.78, 5) is 25.2. The van der Waals surface area contributed by atoms with Gasteiger partial charge >= 0.3 is 5.69 Å². The summed E-state index contributed by atoms with van der Waals surface area (Å²) in [6, 6.07) is 6.71. The van der Waals surface area contributed by atoms with Gasteiger partial charge in [-0.3, -0.25) is 19.0 Å². The molecule has 4 rings (SSSR count). The molecule has 0 amide bonds. The maximum absolute atomic E-state index is 12.9. The summed E-state index contributed by atoms with van der Waals surface area (Å²) < 4.78 is 2.52. The normalized spacial score (nSPS) is 15.4. The van der Waals surface area contributed by atoms with Gasteiger partial charge in [-0.25, -0.2) is 4.79 Å². The molecule has 0 saturated carbocycles. The standard InChI is InChI=1S/C17H17N5O3/c1-8-11-12(9-4-6-10(23)7-5-9)13-15(18-14(11)20-19-8)21(2)17(25)22(3)16(13)24/h4-7,12,23H,1-3H3,(H2,18,19,20). The Hall–Kier alpha value is -3.29. The summed E-state index contributed by atoms with van der Waals surface area (Å²) in [6.07, 6.45) is 0. The highest BCUT2D eigenvalue weighted by Gasteiger charge is 2.35. The van der Waals surface area contributed by atoms with Crippen molar-refractivity contribution in [3.63, 3.8) is 0 Å². The van der Waals surface area contributed by atoms with E-state index in [2.05, 4.69) is 15.5 Å². The molecule has 1 aliphatic rings. The van der Waals surface area contributed by atoms with E-state index in [1.807, 2.05) is 6.92 Å². The molecule has 2 aromatic heterocycles. The molecule has 3 heterocycles. The first-order chi connectivity index (χ1) is 11.9. The Labute approximate surface area is 142 Å². The summed E-state index contributed by atoms with van der Waals surface area (Å²) in [7, 11) is 3.09. The van der Waals surface area contributed by atoms with Crippen molar-refractivity contribution in [3.05, 3.63) is 67.5 Å². The molecular weight excluding hydrogens is 322 g/mol. The fourth-order valence-corrected chi connectivity index (χ4v) is 3.42. The zero-order valence-electron chi connectivity index (χ0n) is 14.0. The Bertz CT molecular complexity index is 1110. The van der Waals surface area contributed by atoms with Gasteiger partial charge in [-0.05, 0) is 24.6 Å². The Morgan fingerprint density at radius 3 is 2.44 bits per heavy atom. The number of benzene rings is 1. The molecule has 8 heteroatoms. The van der Waals surface area contributed by atoms with E-state index in [-0.39, 0.29) is 11.3 Å². The SMILES string of the molecule is Cc1[nH]nc2c1C(c1ccc(O)cc1)c1c(n(C)c(=O)n(C)c1=O)N2. The number of nitrogens with one attached hydrogen (secondary N) is 2. The van der Waals surface area contributed by atoms with Gasteiger partial charge in [-0.2, -0.15) is 5.10 Å². The molecule has 1 aromatic carbocycles. The maximum atomic E-state index is 12.9. The quantitative estimate of drug-likeness (QED) is 0.481. The molecule has 0 saturated heterocycles. The minimum absolute atomic E-state index is 0.149. The summed E-state index contributed by atoms with van der Waals surface area (Å²) in [5.74, 6) is 0.781. The van der Waals surface area contributed by atoms with Crippen LogP contribution in [-0.2, 0) is 14.1 Å². The number of aromatic nitrogens is 4. The Morgan fingerprint density at radius 1 is 1.08 bits per heavy atom. The topological polar surface area (TPSA) is 105 Å². The van der Waals surface area contributed by atoms with E-state index in [4.69, 9.17) is 0 Å². The predicted molar refractivity (Wildman–Crippen MR) is 92.6 cm³/mol. The highest BCUT2D eigenvalue weighted by molar-refractivity contribution is 5.71. The molecule has 0 radical (unpaired) electrons. The molecule has 1 atom stereocenters. The molecule has 25 heavy (non-hydrogen) atoms. The lowest BCUT2D eigenvalue weighted by atomic mass is 9.83. The number of nitrogens with zero attached hydrogens (tertiary/aromatic N) is 3. The van der Waals surface area contributed by atoms with Crippen molar-refractivity contribution in [1.82, 2.24) is 19.3 Å². The highest BCUT2D eigenvalue weighted by Crippen LogP contribution is 2.43. The van der Waals surface area contributed by atoms with Crippen LogP contribution in [0.2, 0.25) is 0 Å². The zero-order valence-corrected chi connectivity index (χ0v) is 14.0. The number of anilines is 2. The van der Waals surface area contributed by atoms with Crippen molar-refractivity contribution in [1.29, 1.82) is 0 Å².